The number of fused-ring (bicyclic) bond motifs is 2. The van der Waals surface area contributed by atoms with Crippen molar-refractivity contribution in [1.82, 2.24) is 10.2 Å². The van der Waals surface area contributed by atoms with Crippen molar-refractivity contribution in [3.63, 3.8) is 0 Å². The minimum absolute atomic E-state index is 0.00101. The summed E-state index contributed by atoms with van der Waals surface area (Å²) in [5.41, 5.74) is 0.731. The molecular weight excluding hydrogens is 400 g/mol. The molecule has 1 saturated heterocycles. The molecule has 0 bridgehead atoms. The van der Waals surface area contributed by atoms with Crippen molar-refractivity contribution in [3.8, 4) is 0 Å². The Morgan fingerprint density at radius 3 is 2.96 bits per heavy atom. The maximum atomic E-state index is 13.1. The summed E-state index contributed by atoms with van der Waals surface area (Å²) < 4.78 is 5.52. The van der Waals surface area contributed by atoms with Gasteiger partial charge in [-0.15, -0.1) is 11.3 Å². The highest BCUT2D eigenvalue weighted by atomic mass is 35.5. The first-order valence-corrected chi connectivity index (χ1v) is 10.5. The summed E-state index contributed by atoms with van der Waals surface area (Å²) in [5.74, 6) is -0.290. The summed E-state index contributed by atoms with van der Waals surface area (Å²) >= 11 is 7.69. The Kier molecular flexibility index (Phi) is 5.42. The Labute approximate surface area is 172 Å². The van der Waals surface area contributed by atoms with Crippen molar-refractivity contribution in [2.45, 2.75) is 37.5 Å². The number of β-amino-alcohol motifs (C(OH)–C–C–N with tert-alkyl or cyclic N) is 1. The van der Waals surface area contributed by atoms with Gasteiger partial charge in [-0.1, -0.05) is 29.8 Å². The monoisotopic (exact) mass is 420 g/mol. The lowest BCUT2D eigenvalue weighted by molar-refractivity contribution is -0.133. The molecule has 2 unspecified atom stereocenters. The fourth-order valence-electron chi connectivity index (χ4n) is 3.89. The molecule has 8 heteroatoms. The third-order valence-electron chi connectivity index (χ3n) is 5.26. The zero-order valence-electron chi connectivity index (χ0n) is 15.2. The molecule has 3 amide bonds. The predicted octanol–water partition coefficient (Wildman–Crippen LogP) is 3.06. The number of carbonyl (C=O) groups excluding carboxylic acids is 2. The van der Waals surface area contributed by atoms with Gasteiger partial charge in [0.2, 0.25) is 0 Å². The fraction of sp³-hybridized carbons (Fsp3) is 0.400. The van der Waals surface area contributed by atoms with E-state index >= 15 is 0 Å². The smallest absolute Gasteiger partial charge is 0.325 e. The van der Waals surface area contributed by atoms with Gasteiger partial charge in [0.15, 0.2) is 0 Å². The molecule has 1 fully saturated rings. The predicted molar refractivity (Wildman–Crippen MR) is 106 cm³/mol. The van der Waals surface area contributed by atoms with E-state index < -0.39 is 17.7 Å². The van der Waals surface area contributed by atoms with Gasteiger partial charge in [0.1, 0.15) is 5.54 Å². The molecular formula is C20H21ClN2O4S. The number of hydrogen-bond acceptors (Lipinski definition) is 5. The lowest BCUT2D eigenvalue weighted by atomic mass is 9.80. The topological polar surface area (TPSA) is 78.9 Å². The highest BCUT2D eigenvalue weighted by Gasteiger charge is 2.54. The number of amides is 3. The first kappa shape index (κ1) is 19.4. The van der Waals surface area contributed by atoms with Crippen LogP contribution in [0, 0.1) is 0 Å². The number of ether oxygens (including phenoxy) is 1. The minimum Gasteiger partial charge on any atom is -0.389 e. The number of aliphatic hydroxyl groups excluding tert-OH is 1. The maximum Gasteiger partial charge on any atom is 0.325 e. The van der Waals surface area contributed by atoms with E-state index in [9.17, 15) is 14.7 Å². The van der Waals surface area contributed by atoms with E-state index in [0.717, 1.165) is 33.7 Å². The van der Waals surface area contributed by atoms with Crippen LogP contribution in [0.5, 0.6) is 0 Å². The van der Waals surface area contributed by atoms with Gasteiger partial charge in [0.05, 0.1) is 25.9 Å². The van der Waals surface area contributed by atoms with Gasteiger partial charge >= 0.3 is 6.03 Å². The van der Waals surface area contributed by atoms with Crippen molar-refractivity contribution in [3.05, 3.63) is 56.7 Å². The Bertz CT molecular complexity index is 902. The summed E-state index contributed by atoms with van der Waals surface area (Å²) in [6.45, 7) is 0.145. The van der Waals surface area contributed by atoms with E-state index in [1.54, 1.807) is 17.4 Å². The number of nitrogens with zero attached hydrogens (tertiary/aromatic N) is 1. The summed E-state index contributed by atoms with van der Waals surface area (Å²) in [6.07, 6.45) is 1.38. The molecule has 2 N–H and O–H groups in total. The van der Waals surface area contributed by atoms with Crippen LogP contribution in [0.25, 0.3) is 0 Å². The number of rotatable bonds is 6. The molecule has 0 saturated carbocycles. The van der Waals surface area contributed by atoms with Gasteiger partial charge in [0.25, 0.3) is 5.91 Å². The molecule has 1 aromatic heterocycles. The van der Waals surface area contributed by atoms with Crippen molar-refractivity contribution in [2.24, 2.45) is 0 Å². The van der Waals surface area contributed by atoms with Gasteiger partial charge in [-0.05, 0) is 42.3 Å². The largest absolute Gasteiger partial charge is 0.389 e. The average molecular weight is 421 g/mol. The van der Waals surface area contributed by atoms with E-state index in [-0.39, 0.29) is 25.7 Å². The van der Waals surface area contributed by atoms with E-state index in [2.05, 4.69) is 5.32 Å². The minimum atomic E-state index is -0.983. The normalized spacial score (nSPS) is 22.4. The second-order valence-electron chi connectivity index (χ2n) is 7.12. The van der Waals surface area contributed by atoms with E-state index in [0.29, 0.717) is 11.4 Å². The Morgan fingerprint density at radius 1 is 1.32 bits per heavy atom. The number of urea groups is 1. The third kappa shape index (κ3) is 3.43. The van der Waals surface area contributed by atoms with Crippen molar-refractivity contribution in [1.29, 1.82) is 0 Å². The number of thiophene rings is 1. The second kappa shape index (κ2) is 7.83. The maximum absolute atomic E-state index is 13.1. The van der Waals surface area contributed by atoms with Crippen molar-refractivity contribution in [2.75, 3.05) is 13.2 Å². The van der Waals surface area contributed by atoms with Crippen LogP contribution in [0.15, 0.2) is 35.7 Å². The summed E-state index contributed by atoms with van der Waals surface area (Å²) in [4.78, 5) is 27.9. The first-order valence-electron chi connectivity index (χ1n) is 9.21. The Balaban J connectivity index is 1.38. The van der Waals surface area contributed by atoms with Gasteiger partial charge in [-0.2, -0.15) is 0 Å². The van der Waals surface area contributed by atoms with Gasteiger partial charge in [-0.25, -0.2) is 4.79 Å². The molecule has 1 aromatic carbocycles. The Morgan fingerprint density at radius 2 is 2.14 bits per heavy atom. The molecule has 28 heavy (non-hydrogen) atoms. The number of benzene rings is 1. The van der Waals surface area contributed by atoms with Crippen LogP contribution in [0.4, 0.5) is 4.79 Å². The lowest BCUT2D eigenvalue weighted by Gasteiger charge is -2.31. The zero-order valence-corrected chi connectivity index (χ0v) is 16.8. The number of aryl methyl sites for hydroxylation is 1. The van der Waals surface area contributed by atoms with E-state index in [4.69, 9.17) is 16.3 Å². The SMILES string of the molecule is O=C1NC2(CCCc3sccc32)C(=O)N1CC(O)COCc1ccccc1Cl. The third-order valence-corrected chi connectivity index (χ3v) is 6.60. The lowest BCUT2D eigenvalue weighted by Crippen LogP contribution is -2.46. The zero-order chi connectivity index (χ0) is 19.7. The van der Waals surface area contributed by atoms with Crippen LogP contribution in [0.3, 0.4) is 0 Å². The number of nitrogens with one attached hydrogen (secondary N) is 1. The van der Waals surface area contributed by atoms with Crippen LogP contribution < -0.4 is 5.32 Å². The molecule has 148 valence electrons. The molecule has 2 heterocycles. The standard InChI is InChI=1S/C20H21ClN2O4S/c21-16-5-2-1-4-13(16)11-27-12-14(24)10-23-18(25)20(22-19(23)26)8-3-6-17-15(20)7-9-28-17/h1-2,4-5,7,9,14,24H,3,6,8,10-12H2,(H,22,26). The number of aliphatic hydroxyl groups is 1. The molecule has 4 rings (SSSR count). The molecule has 1 aliphatic heterocycles. The van der Waals surface area contributed by atoms with E-state index in [1.165, 1.54) is 0 Å². The quantitative estimate of drug-likeness (QED) is 0.704. The fourth-order valence-corrected chi connectivity index (χ4v) is 5.08. The number of imide groups is 1. The summed E-state index contributed by atoms with van der Waals surface area (Å²) in [6, 6.07) is 8.76. The average Bonchev–Trinajstić information content (AvgIpc) is 3.24. The van der Waals surface area contributed by atoms with Crippen LogP contribution >= 0.6 is 22.9 Å². The van der Waals surface area contributed by atoms with Gasteiger partial charge in [0, 0.05) is 15.5 Å². The highest BCUT2D eigenvalue weighted by molar-refractivity contribution is 7.10. The number of carbonyl (C=O) groups is 2. The number of hydrogen-bond donors (Lipinski definition) is 2. The highest BCUT2D eigenvalue weighted by Crippen LogP contribution is 2.42. The molecule has 1 aliphatic carbocycles. The van der Waals surface area contributed by atoms with Crippen LogP contribution in [0.1, 0.15) is 28.8 Å². The molecule has 0 radical (unpaired) electrons. The molecule has 2 atom stereocenters. The van der Waals surface area contributed by atoms with Gasteiger partial charge in [-0.3, -0.25) is 9.69 Å². The summed E-state index contributed by atoms with van der Waals surface area (Å²) in [7, 11) is 0. The van der Waals surface area contributed by atoms with E-state index in [1.807, 2.05) is 29.6 Å². The number of halogens is 1. The van der Waals surface area contributed by atoms with Crippen LogP contribution in [-0.4, -0.2) is 41.2 Å². The second-order valence-corrected chi connectivity index (χ2v) is 8.53. The van der Waals surface area contributed by atoms with Crippen LogP contribution in [0.2, 0.25) is 5.02 Å². The van der Waals surface area contributed by atoms with Gasteiger partial charge < -0.3 is 15.2 Å². The van der Waals surface area contributed by atoms with Crippen molar-refractivity contribution >= 4 is 34.9 Å². The molecule has 2 aliphatic rings. The first-order chi connectivity index (χ1) is 13.5. The Hall–Kier alpha value is -1.93. The molecule has 2 aromatic rings. The van der Waals surface area contributed by atoms with Crippen LogP contribution in [-0.2, 0) is 28.1 Å². The van der Waals surface area contributed by atoms with Crippen molar-refractivity contribution < 1.29 is 19.4 Å². The molecule has 1 spiro atoms. The summed E-state index contributed by atoms with van der Waals surface area (Å²) in [5, 5.41) is 15.7. The molecule has 6 nitrogen and oxygen atoms in total.